The maximum atomic E-state index is 11.8. The number of amides is 1. The van der Waals surface area contributed by atoms with Crippen molar-refractivity contribution >= 4 is 5.91 Å². The number of morpholine rings is 1. The Labute approximate surface area is 92.0 Å². The van der Waals surface area contributed by atoms with E-state index in [1.807, 2.05) is 32.6 Å². The van der Waals surface area contributed by atoms with Crippen LogP contribution in [0.2, 0.25) is 0 Å². The lowest BCUT2D eigenvalue weighted by Gasteiger charge is -2.47. The Balaban J connectivity index is 2.71. The highest BCUT2D eigenvalue weighted by molar-refractivity contribution is 5.78. The molecule has 1 amide bonds. The molecule has 4 nitrogen and oxygen atoms in total. The van der Waals surface area contributed by atoms with Crippen molar-refractivity contribution < 1.29 is 9.53 Å². The Morgan fingerprint density at radius 1 is 1.27 bits per heavy atom. The Morgan fingerprint density at radius 3 is 2.13 bits per heavy atom. The van der Waals surface area contributed by atoms with Crippen LogP contribution in [-0.4, -0.2) is 48.7 Å². The van der Waals surface area contributed by atoms with Crippen LogP contribution in [0.15, 0.2) is 0 Å². The SMILES string of the molecule is CNCC(=O)N1CC(C)(C)OC(C)(C)C1. The molecule has 15 heavy (non-hydrogen) atoms. The lowest BCUT2D eigenvalue weighted by molar-refractivity contribution is -0.187. The first-order valence-electron chi connectivity index (χ1n) is 5.38. The Kier molecular flexibility index (Phi) is 3.41. The van der Waals surface area contributed by atoms with Crippen LogP contribution in [0.4, 0.5) is 0 Å². The Morgan fingerprint density at radius 2 is 1.73 bits per heavy atom. The van der Waals surface area contributed by atoms with Crippen LogP contribution in [-0.2, 0) is 9.53 Å². The minimum atomic E-state index is -0.259. The van der Waals surface area contributed by atoms with Crippen molar-refractivity contribution in [2.75, 3.05) is 26.7 Å². The fraction of sp³-hybridized carbons (Fsp3) is 0.909. The van der Waals surface area contributed by atoms with Crippen molar-refractivity contribution in [2.45, 2.75) is 38.9 Å². The molecule has 0 saturated carbocycles. The second kappa shape index (κ2) is 4.10. The highest BCUT2D eigenvalue weighted by Gasteiger charge is 2.39. The standard InChI is InChI=1S/C11H22N2O2/c1-10(2)7-13(9(14)6-12-5)8-11(3,4)15-10/h12H,6-8H2,1-5H3. The molecule has 1 rings (SSSR count). The predicted molar refractivity (Wildman–Crippen MR) is 59.7 cm³/mol. The molecule has 1 aliphatic heterocycles. The van der Waals surface area contributed by atoms with E-state index in [0.717, 1.165) is 0 Å². The average molecular weight is 214 g/mol. The number of nitrogens with one attached hydrogen (secondary N) is 1. The van der Waals surface area contributed by atoms with Gasteiger partial charge in [0.25, 0.3) is 0 Å². The van der Waals surface area contributed by atoms with E-state index in [1.165, 1.54) is 0 Å². The third kappa shape index (κ3) is 3.47. The van der Waals surface area contributed by atoms with E-state index >= 15 is 0 Å². The van der Waals surface area contributed by atoms with Crippen LogP contribution in [0.5, 0.6) is 0 Å². The van der Waals surface area contributed by atoms with Crippen molar-refractivity contribution in [3.63, 3.8) is 0 Å². The average Bonchev–Trinajstić information content (AvgIpc) is 1.98. The maximum absolute atomic E-state index is 11.8. The number of rotatable bonds is 2. The number of nitrogens with zero attached hydrogens (tertiary/aromatic N) is 1. The first kappa shape index (κ1) is 12.5. The van der Waals surface area contributed by atoms with E-state index in [0.29, 0.717) is 19.6 Å². The van der Waals surface area contributed by atoms with Crippen LogP contribution in [0.1, 0.15) is 27.7 Å². The summed E-state index contributed by atoms with van der Waals surface area (Å²) >= 11 is 0. The lowest BCUT2D eigenvalue weighted by atomic mass is 9.99. The molecule has 88 valence electrons. The Bertz CT molecular complexity index is 233. The first-order valence-corrected chi connectivity index (χ1v) is 5.38. The van der Waals surface area contributed by atoms with E-state index in [1.54, 1.807) is 7.05 Å². The van der Waals surface area contributed by atoms with Gasteiger partial charge in [-0.25, -0.2) is 0 Å². The zero-order valence-corrected chi connectivity index (χ0v) is 10.4. The van der Waals surface area contributed by atoms with Gasteiger partial charge in [-0.1, -0.05) is 0 Å². The topological polar surface area (TPSA) is 41.6 Å². The van der Waals surface area contributed by atoms with Gasteiger partial charge in [-0.15, -0.1) is 0 Å². The summed E-state index contributed by atoms with van der Waals surface area (Å²) < 4.78 is 5.91. The summed E-state index contributed by atoms with van der Waals surface area (Å²) in [5, 5.41) is 2.89. The molecule has 0 aromatic rings. The van der Waals surface area contributed by atoms with Gasteiger partial charge in [0.2, 0.25) is 5.91 Å². The molecule has 0 radical (unpaired) electrons. The second-order valence-corrected chi connectivity index (χ2v) is 5.40. The van der Waals surface area contributed by atoms with Crippen LogP contribution < -0.4 is 5.32 Å². The summed E-state index contributed by atoms with van der Waals surface area (Å²) in [5.41, 5.74) is -0.518. The van der Waals surface area contributed by atoms with E-state index in [-0.39, 0.29) is 17.1 Å². The fourth-order valence-corrected chi connectivity index (χ4v) is 2.23. The molecule has 0 bridgehead atoms. The number of hydrogen-bond acceptors (Lipinski definition) is 3. The van der Waals surface area contributed by atoms with Crippen LogP contribution in [0, 0.1) is 0 Å². The van der Waals surface area contributed by atoms with Gasteiger partial charge in [-0.3, -0.25) is 4.79 Å². The number of carbonyl (C=O) groups is 1. The lowest BCUT2D eigenvalue weighted by Crippen LogP contribution is -2.59. The molecular weight excluding hydrogens is 192 g/mol. The van der Waals surface area contributed by atoms with Crippen molar-refractivity contribution in [1.82, 2.24) is 10.2 Å². The van der Waals surface area contributed by atoms with E-state index in [4.69, 9.17) is 4.74 Å². The summed E-state index contributed by atoms with van der Waals surface area (Å²) in [4.78, 5) is 13.7. The molecule has 1 aliphatic rings. The molecule has 0 spiro atoms. The van der Waals surface area contributed by atoms with E-state index in [9.17, 15) is 4.79 Å². The van der Waals surface area contributed by atoms with Gasteiger partial charge in [-0.2, -0.15) is 0 Å². The monoisotopic (exact) mass is 214 g/mol. The van der Waals surface area contributed by atoms with Crippen molar-refractivity contribution in [3.05, 3.63) is 0 Å². The van der Waals surface area contributed by atoms with Gasteiger partial charge >= 0.3 is 0 Å². The van der Waals surface area contributed by atoms with Crippen molar-refractivity contribution in [1.29, 1.82) is 0 Å². The van der Waals surface area contributed by atoms with Crippen molar-refractivity contribution in [2.24, 2.45) is 0 Å². The highest BCUT2D eigenvalue weighted by atomic mass is 16.5. The quantitative estimate of drug-likeness (QED) is 0.733. The molecule has 4 heteroatoms. The predicted octanol–water partition coefficient (Wildman–Crippen LogP) is 0.622. The number of hydrogen-bond donors (Lipinski definition) is 1. The van der Waals surface area contributed by atoms with E-state index in [2.05, 4.69) is 5.32 Å². The normalized spacial score (nSPS) is 23.9. The molecule has 0 aromatic carbocycles. The van der Waals surface area contributed by atoms with Crippen LogP contribution in [0.25, 0.3) is 0 Å². The molecule has 0 atom stereocenters. The number of ether oxygens (including phenoxy) is 1. The van der Waals surface area contributed by atoms with Crippen LogP contribution >= 0.6 is 0 Å². The van der Waals surface area contributed by atoms with Crippen molar-refractivity contribution in [3.8, 4) is 0 Å². The van der Waals surface area contributed by atoms with Crippen LogP contribution in [0.3, 0.4) is 0 Å². The molecule has 1 N–H and O–H groups in total. The summed E-state index contributed by atoms with van der Waals surface area (Å²) in [6, 6.07) is 0. The molecule has 0 aliphatic carbocycles. The number of carbonyl (C=O) groups excluding carboxylic acids is 1. The molecular formula is C11H22N2O2. The van der Waals surface area contributed by atoms with Gasteiger partial charge in [0.15, 0.2) is 0 Å². The van der Waals surface area contributed by atoms with Gasteiger partial charge in [0.05, 0.1) is 17.7 Å². The fourth-order valence-electron chi connectivity index (χ4n) is 2.23. The summed E-state index contributed by atoms with van der Waals surface area (Å²) in [7, 11) is 1.79. The molecule has 1 heterocycles. The highest BCUT2D eigenvalue weighted by Crippen LogP contribution is 2.27. The van der Waals surface area contributed by atoms with Gasteiger partial charge in [0, 0.05) is 13.1 Å². The summed E-state index contributed by atoms with van der Waals surface area (Å²) in [5.74, 6) is 0.141. The zero-order chi connectivity index (χ0) is 11.7. The molecule has 0 aromatic heterocycles. The molecule has 1 saturated heterocycles. The number of likely N-dealkylation sites (N-methyl/N-ethyl adjacent to an activating group) is 1. The third-order valence-electron chi connectivity index (χ3n) is 2.38. The minimum absolute atomic E-state index is 0.141. The second-order valence-electron chi connectivity index (χ2n) is 5.40. The van der Waals surface area contributed by atoms with Gasteiger partial charge in [0.1, 0.15) is 0 Å². The van der Waals surface area contributed by atoms with Gasteiger partial charge < -0.3 is 15.0 Å². The Hall–Kier alpha value is -0.610. The van der Waals surface area contributed by atoms with Gasteiger partial charge in [-0.05, 0) is 34.7 Å². The maximum Gasteiger partial charge on any atom is 0.236 e. The smallest absolute Gasteiger partial charge is 0.236 e. The summed E-state index contributed by atoms with van der Waals surface area (Å²) in [6.45, 7) is 9.81. The first-order chi connectivity index (χ1) is 6.76. The largest absolute Gasteiger partial charge is 0.366 e. The molecule has 1 fully saturated rings. The zero-order valence-electron chi connectivity index (χ0n) is 10.4. The third-order valence-corrected chi connectivity index (χ3v) is 2.38. The van der Waals surface area contributed by atoms with E-state index < -0.39 is 0 Å². The molecule has 0 unspecified atom stereocenters. The minimum Gasteiger partial charge on any atom is -0.366 e. The summed E-state index contributed by atoms with van der Waals surface area (Å²) in [6.07, 6.45) is 0.